The first-order chi connectivity index (χ1) is 11.1. The maximum atomic E-state index is 12.7. The van der Waals surface area contributed by atoms with Crippen molar-refractivity contribution >= 4 is 10.9 Å². The van der Waals surface area contributed by atoms with Gasteiger partial charge in [-0.05, 0) is 31.9 Å². The molecule has 1 aliphatic heterocycles. The van der Waals surface area contributed by atoms with Crippen molar-refractivity contribution in [2.75, 3.05) is 13.1 Å². The Bertz CT molecular complexity index is 782. The number of hydrogen-bond acceptors (Lipinski definition) is 5. The minimum absolute atomic E-state index is 0.104. The normalized spacial score (nSPS) is 26.8. The van der Waals surface area contributed by atoms with Crippen molar-refractivity contribution in [1.29, 1.82) is 0 Å². The van der Waals surface area contributed by atoms with Crippen molar-refractivity contribution in [3.8, 4) is 0 Å². The first kappa shape index (κ1) is 14.8. The molecule has 2 aromatic heterocycles. The van der Waals surface area contributed by atoms with Crippen LogP contribution < -0.4 is 10.9 Å². The highest BCUT2D eigenvalue weighted by Gasteiger charge is 2.53. The largest absolute Gasteiger partial charge is 0.387 e. The van der Waals surface area contributed by atoms with Crippen LogP contribution in [0.25, 0.3) is 10.9 Å². The molecule has 23 heavy (non-hydrogen) atoms. The molecule has 1 aliphatic carbocycles. The smallest absolute Gasteiger partial charge is 0.261 e. The molecule has 1 spiro atoms. The number of pyridine rings is 1. The molecule has 6 heteroatoms. The third kappa shape index (κ3) is 2.28. The first-order valence-corrected chi connectivity index (χ1v) is 8.36. The molecular formula is C17H22N4O2. The van der Waals surface area contributed by atoms with Crippen LogP contribution in [-0.2, 0) is 6.54 Å². The lowest BCUT2D eigenvalue weighted by molar-refractivity contribution is -0.115. The third-order valence-corrected chi connectivity index (χ3v) is 5.81. The van der Waals surface area contributed by atoms with Crippen molar-refractivity contribution < 1.29 is 5.11 Å². The van der Waals surface area contributed by atoms with Crippen LogP contribution >= 0.6 is 0 Å². The summed E-state index contributed by atoms with van der Waals surface area (Å²) in [5.41, 5.74) is -0.410. The number of fused-ring (bicyclic) bond motifs is 1. The molecule has 2 fully saturated rings. The Morgan fingerprint density at radius 1 is 1.30 bits per heavy atom. The van der Waals surface area contributed by atoms with Gasteiger partial charge < -0.3 is 15.0 Å². The molecule has 0 amide bonds. The van der Waals surface area contributed by atoms with Gasteiger partial charge in [-0.15, -0.1) is 0 Å². The summed E-state index contributed by atoms with van der Waals surface area (Å²) in [4.78, 5) is 20.8. The van der Waals surface area contributed by atoms with Gasteiger partial charge in [0.15, 0.2) is 0 Å². The zero-order valence-electron chi connectivity index (χ0n) is 13.2. The lowest BCUT2D eigenvalue weighted by Gasteiger charge is -2.49. The predicted octanol–water partition coefficient (Wildman–Crippen LogP) is 1.08. The maximum absolute atomic E-state index is 12.7. The Hall–Kier alpha value is -1.79. The van der Waals surface area contributed by atoms with Crippen LogP contribution in [0.3, 0.4) is 0 Å². The van der Waals surface area contributed by atoms with Gasteiger partial charge in [0.1, 0.15) is 6.33 Å². The summed E-state index contributed by atoms with van der Waals surface area (Å²) in [6.45, 7) is 1.98. The summed E-state index contributed by atoms with van der Waals surface area (Å²) in [5, 5.41) is 15.4. The fourth-order valence-corrected chi connectivity index (χ4v) is 4.42. The van der Waals surface area contributed by atoms with E-state index >= 15 is 0 Å². The van der Waals surface area contributed by atoms with Crippen LogP contribution in [-0.4, -0.2) is 38.3 Å². The van der Waals surface area contributed by atoms with Gasteiger partial charge in [0, 0.05) is 24.4 Å². The van der Waals surface area contributed by atoms with Crippen LogP contribution in [0.1, 0.15) is 32.1 Å². The Kier molecular flexibility index (Phi) is 3.46. The number of aliphatic hydroxyl groups is 1. The molecule has 2 aliphatic rings. The topological polar surface area (TPSA) is 80.0 Å². The number of hydrogen-bond donors (Lipinski definition) is 2. The molecular weight excluding hydrogens is 292 g/mol. The molecule has 3 heterocycles. The molecule has 1 atom stereocenters. The van der Waals surface area contributed by atoms with E-state index in [-0.39, 0.29) is 11.0 Å². The lowest BCUT2D eigenvalue weighted by atomic mass is 9.66. The number of nitrogens with zero attached hydrogens (tertiary/aromatic N) is 3. The van der Waals surface area contributed by atoms with E-state index in [1.165, 1.54) is 6.33 Å². The Morgan fingerprint density at radius 3 is 2.96 bits per heavy atom. The summed E-state index contributed by atoms with van der Waals surface area (Å²) in [5.74, 6) is 0. The van der Waals surface area contributed by atoms with Crippen LogP contribution in [0.4, 0.5) is 0 Å². The monoisotopic (exact) mass is 314 g/mol. The minimum Gasteiger partial charge on any atom is -0.387 e. The molecule has 1 saturated carbocycles. The van der Waals surface area contributed by atoms with Crippen LogP contribution in [0.2, 0.25) is 0 Å². The molecule has 1 saturated heterocycles. The standard InChI is InChI=1S/C17H22N4O2/c22-15-13-9-19-12-20-14(13)3-8-21(15)11-17(23)6-7-18-10-16(17)4-1-2-5-16/h3,8-9,12,18,23H,1-2,4-7,10-11H2. The summed E-state index contributed by atoms with van der Waals surface area (Å²) in [6.07, 6.45) is 9.81. The van der Waals surface area contributed by atoms with E-state index in [1.807, 2.05) is 6.07 Å². The summed E-state index contributed by atoms with van der Waals surface area (Å²) in [6, 6.07) is 1.82. The van der Waals surface area contributed by atoms with E-state index in [9.17, 15) is 9.90 Å². The number of rotatable bonds is 2. The van der Waals surface area contributed by atoms with Gasteiger partial charge in [-0.25, -0.2) is 9.97 Å². The molecule has 4 rings (SSSR count). The van der Waals surface area contributed by atoms with Gasteiger partial charge in [0.25, 0.3) is 5.56 Å². The number of piperidine rings is 1. The SMILES string of the molecule is O=c1c2cncnc2ccn1CC1(O)CCNCC12CCCC2. The van der Waals surface area contributed by atoms with Crippen molar-refractivity contribution in [3.05, 3.63) is 35.1 Å². The van der Waals surface area contributed by atoms with Crippen LogP contribution in [0, 0.1) is 5.41 Å². The Labute approximate surface area is 134 Å². The fraction of sp³-hybridized carbons (Fsp3) is 0.588. The van der Waals surface area contributed by atoms with Crippen LogP contribution in [0.15, 0.2) is 29.6 Å². The Balaban J connectivity index is 1.74. The van der Waals surface area contributed by atoms with Gasteiger partial charge in [0.2, 0.25) is 0 Å². The highest BCUT2D eigenvalue weighted by molar-refractivity contribution is 5.75. The zero-order valence-corrected chi connectivity index (χ0v) is 13.2. The highest BCUT2D eigenvalue weighted by Crippen LogP contribution is 2.49. The summed E-state index contributed by atoms with van der Waals surface area (Å²) >= 11 is 0. The van der Waals surface area contributed by atoms with Crippen molar-refractivity contribution in [2.45, 2.75) is 44.2 Å². The van der Waals surface area contributed by atoms with E-state index < -0.39 is 5.60 Å². The first-order valence-electron chi connectivity index (χ1n) is 8.36. The molecule has 0 aromatic carbocycles. The number of aromatic nitrogens is 3. The fourth-order valence-electron chi connectivity index (χ4n) is 4.42. The van der Waals surface area contributed by atoms with E-state index in [1.54, 1.807) is 17.0 Å². The Morgan fingerprint density at radius 2 is 2.13 bits per heavy atom. The molecule has 1 unspecified atom stereocenters. The molecule has 2 N–H and O–H groups in total. The second-order valence-electron chi connectivity index (χ2n) is 7.02. The lowest BCUT2D eigenvalue weighted by Crippen LogP contribution is -2.60. The average molecular weight is 314 g/mol. The molecule has 0 radical (unpaired) electrons. The highest BCUT2D eigenvalue weighted by atomic mass is 16.3. The third-order valence-electron chi connectivity index (χ3n) is 5.81. The van der Waals surface area contributed by atoms with E-state index in [2.05, 4.69) is 15.3 Å². The quantitative estimate of drug-likeness (QED) is 0.867. The predicted molar refractivity (Wildman–Crippen MR) is 87.1 cm³/mol. The van der Waals surface area contributed by atoms with Crippen molar-refractivity contribution in [1.82, 2.24) is 19.9 Å². The van der Waals surface area contributed by atoms with Gasteiger partial charge in [-0.2, -0.15) is 0 Å². The number of nitrogens with one attached hydrogen (secondary N) is 1. The van der Waals surface area contributed by atoms with Crippen molar-refractivity contribution in [2.24, 2.45) is 5.41 Å². The average Bonchev–Trinajstić information content (AvgIpc) is 3.04. The van der Waals surface area contributed by atoms with E-state index in [0.29, 0.717) is 23.9 Å². The molecule has 0 bridgehead atoms. The van der Waals surface area contributed by atoms with Gasteiger partial charge in [-0.3, -0.25) is 4.79 Å². The summed E-state index contributed by atoms with van der Waals surface area (Å²) < 4.78 is 1.64. The van der Waals surface area contributed by atoms with Gasteiger partial charge in [0.05, 0.1) is 23.0 Å². The second-order valence-corrected chi connectivity index (χ2v) is 7.02. The van der Waals surface area contributed by atoms with Crippen molar-refractivity contribution in [3.63, 3.8) is 0 Å². The van der Waals surface area contributed by atoms with E-state index in [0.717, 1.165) is 38.8 Å². The molecule has 2 aromatic rings. The minimum atomic E-state index is -0.831. The maximum Gasteiger partial charge on any atom is 0.261 e. The molecule has 6 nitrogen and oxygen atoms in total. The second kappa shape index (κ2) is 5.39. The van der Waals surface area contributed by atoms with Crippen LogP contribution in [0.5, 0.6) is 0 Å². The summed E-state index contributed by atoms with van der Waals surface area (Å²) in [7, 11) is 0. The molecule has 122 valence electrons. The zero-order chi connectivity index (χ0) is 15.9. The van der Waals surface area contributed by atoms with E-state index in [4.69, 9.17) is 0 Å². The van der Waals surface area contributed by atoms with Gasteiger partial charge in [-0.1, -0.05) is 12.8 Å². The van der Waals surface area contributed by atoms with Gasteiger partial charge >= 0.3 is 0 Å².